The van der Waals surface area contributed by atoms with Gasteiger partial charge in [-0.3, -0.25) is 4.79 Å². The molecule has 0 saturated heterocycles. The predicted octanol–water partition coefficient (Wildman–Crippen LogP) is 4.46. The highest BCUT2D eigenvalue weighted by molar-refractivity contribution is 6.00. The minimum absolute atomic E-state index is 0.0382. The Morgan fingerprint density at radius 3 is 2.56 bits per heavy atom. The van der Waals surface area contributed by atoms with E-state index >= 15 is 0 Å². The Balaban J connectivity index is 1.85. The SMILES string of the molecule is O=C1CCCC2=C1C(c1ccc(F)cc1)c1c(c3ccccc3oc1=O)O2. The molecule has 3 aromatic rings. The van der Waals surface area contributed by atoms with Gasteiger partial charge in [-0.25, -0.2) is 9.18 Å². The van der Waals surface area contributed by atoms with Crippen molar-refractivity contribution >= 4 is 16.8 Å². The van der Waals surface area contributed by atoms with Crippen molar-refractivity contribution < 1.29 is 18.3 Å². The largest absolute Gasteiger partial charge is 0.460 e. The third-order valence-corrected chi connectivity index (χ3v) is 5.21. The van der Waals surface area contributed by atoms with Gasteiger partial charge in [-0.05, 0) is 36.2 Å². The zero-order valence-corrected chi connectivity index (χ0v) is 14.3. The number of ether oxygens (including phenoxy) is 1. The van der Waals surface area contributed by atoms with Crippen molar-refractivity contribution in [3.63, 3.8) is 0 Å². The topological polar surface area (TPSA) is 56.5 Å². The second kappa shape index (κ2) is 5.91. The Labute approximate surface area is 153 Å². The molecule has 1 aliphatic carbocycles. The fraction of sp³-hybridized carbons (Fsp3) is 0.182. The van der Waals surface area contributed by atoms with Crippen molar-refractivity contribution in [1.29, 1.82) is 0 Å². The number of benzene rings is 2. The van der Waals surface area contributed by atoms with Gasteiger partial charge in [-0.15, -0.1) is 0 Å². The Kier molecular flexibility index (Phi) is 3.50. The molecule has 0 fully saturated rings. The quantitative estimate of drug-likeness (QED) is 0.600. The minimum atomic E-state index is -0.613. The van der Waals surface area contributed by atoms with Gasteiger partial charge in [-0.1, -0.05) is 24.3 Å². The zero-order valence-electron chi connectivity index (χ0n) is 14.3. The maximum Gasteiger partial charge on any atom is 0.344 e. The van der Waals surface area contributed by atoms with Crippen LogP contribution in [0.2, 0.25) is 0 Å². The zero-order chi connectivity index (χ0) is 18.5. The maximum atomic E-state index is 13.5. The van der Waals surface area contributed by atoms with Crippen LogP contribution in [-0.2, 0) is 4.79 Å². The minimum Gasteiger partial charge on any atom is -0.460 e. The normalized spacial score (nSPS) is 18.9. The third-order valence-electron chi connectivity index (χ3n) is 5.21. The van der Waals surface area contributed by atoms with E-state index in [0.717, 1.165) is 0 Å². The third kappa shape index (κ3) is 2.42. The average molecular weight is 362 g/mol. The standard InChI is InChI=1S/C22H15FO4/c23-13-10-8-12(9-11-13)18-19-15(24)5-3-7-17(19)26-21-14-4-1-2-6-16(14)27-22(25)20(18)21/h1-2,4,6,8-11,18H,3,5,7H2. The molecule has 0 saturated carbocycles. The van der Waals surface area contributed by atoms with E-state index < -0.39 is 11.5 Å². The lowest BCUT2D eigenvalue weighted by atomic mass is 9.77. The van der Waals surface area contributed by atoms with Crippen LogP contribution in [0.25, 0.3) is 11.0 Å². The predicted molar refractivity (Wildman–Crippen MR) is 97.2 cm³/mol. The van der Waals surface area contributed by atoms with E-state index in [1.807, 2.05) is 12.1 Å². The average Bonchev–Trinajstić information content (AvgIpc) is 2.68. The van der Waals surface area contributed by atoms with Crippen LogP contribution in [0, 0.1) is 5.82 Å². The molecule has 2 aliphatic rings. The van der Waals surface area contributed by atoms with Gasteiger partial charge in [0.2, 0.25) is 0 Å². The maximum absolute atomic E-state index is 13.5. The highest BCUT2D eigenvalue weighted by Crippen LogP contribution is 2.47. The van der Waals surface area contributed by atoms with E-state index in [1.54, 1.807) is 24.3 Å². The fourth-order valence-electron chi connectivity index (χ4n) is 4.01. The molecule has 1 aromatic heterocycles. The first-order valence-electron chi connectivity index (χ1n) is 8.89. The van der Waals surface area contributed by atoms with E-state index in [9.17, 15) is 14.0 Å². The summed E-state index contributed by atoms with van der Waals surface area (Å²) in [5, 5.41) is 0.684. The van der Waals surface area contributed by atoms with Crippen LogP contribution >= 0.6 is 0 Å². The van der Waals surface area contributed by atoms with Crippen molar-refractivity contribution in [2.75, 3.05) is 0 Å². The highest BCUT2D eigenvalue weighted by Gasteiger charge is 2.39. The number of fused-ring (bicyclic) bond motifs is 3. The molecule has 2 aromatic carbocycles. The van der Waals surface area contributed by atoms with Crippen LogP contribution < -0.4 is 10.4 Å². The number of halogens is 1. The molecule has 4 nitrogen and oxygen atoms in total. The number of Topliss-reactive ketones (excluding diaryl/α,β-unsaturated/α-hetero) is 1. The number of carbonyl (C=O) groups is 1. The molecule has 1 unspecified atom stereocenters. The van der Waals surface area contributed by atoms with E-state index in [0.29, 0.717) is 58.4 Å². The first-order valence-corrected chi connectivity index (χ1v) is 8.89. The Hall–Kier alpha value is -3.21. The van der Waals surface area contributed by atoms with Gasteiger partial charge < -0.3 is 9.15 Å². The Bertz CT molecular complexity index is 1170. The summed E-state index contributed by atoms with van der Waals surface area (Å²) >= 11 is 0. The van der Waals surface area contributed by atoms with Crippen LogP contribution in [0.15, 0.2) is 69.1 Å². The molecule has 5 rings (SSSR count). The highest BCUT2D eigenvalue weighted by atomic mass is 19.1. The number of carbonyl (C=O) groups excluding carboxylic acids is 1. The van der Waals surface area contributed by atoms with Crippen LogP contribution in [0.3, 0.4) is 0 Å². The number of para-hydroxylation sites is 1. The molecular formula is C22H15FO4. The first kappa shape index (κ1) is 16.0. The summed E-state index contributed by atoms with van der Waals surface area (Å²) in [5.74, 6) is 0.0102. The van der Waals surface area contributed by atoms with Gasteiger partial charge in [0.25, 0.3) is 0 Å². The smallest absolute Gasteiger partial charge is 0.344 e. The van der Waals surface area contributed by atoms with E-state index in [-0.39, 0.29) is 11.6 Å². The molecule has 1 atom stereocenters. The van der Waals surface area contributed by atoms with Crippen LogP contribution in [-0.4, -0.2) is 5.78 Å². The summed E-state index contributed by atoms with van der Waals surface area (Å²) in [5.41, 5.74) is 1.36. The molecule has 27 heavy (non-hydrogen) atoms. The summed E-state index contributed by atoms with van der Waals surface area (Å²) in [6, 6.07) is 13.0. The molecule has 0 spiro atoms. The van der Waals surface area contributed by atoms with Gasteiger partial charge >= 0.3 is 5.63 Å². The second-order valence-corrected chi connectivity index (χ2v) is 6.83. The monoisotopic (exact) mass is 362 g/mol. The van der Waals surface area contributed by atoms with Crippen LogP contribution in [0.5, 0.6) is 5.75 Å². The second-order valence-electron chi connectivity index (χ2n) is 6.83. The van der Waals surface area contributed by atoms with Crippen LogP contribution in [0.4, 0.5) is 4.39 Å². The van der Waals surface area contributed by atoms with E-state index in [1.165, 1.54) is 12.1 Å². The van der Waals surface area contributed by atoms with Gasteiger partial charge in [0.15, 0.2) is 5.78 Å². The molecule has 2 heterocycles. The van der Waals surface area contributed by atoms with E-state index in [2.05, 4.69) is 0 Å². The number of ketones is 1. The molecule has 0 radical (unpaired) electrons. The molecular weight excluding hydrogens is 347 g/mol. The molecule has 1 aliphatic heterocycles. The van der Waals surface area contributed by atoms with Crippen molar-refractivity contribution in [3.8, 4) is 5.75 Å². The van der Waals surface area contributed by atoms with Crippen LogP contribution in [0.1, 0.15) is 36.3 Å². The summed E-state index contributed by atoms with van der Waals surface area (Å²) in [4.78, 5) is 25.6. The number of hydrogen-bond acceptors (Lipinski definition) is 4. The first-order chi connectivity index (χ1) is 13.1. The lowest BCUT2D eigenvalue weighted by molar-refractivity contribution is -0.116. The van der Waals surface area contributed by atoms with Crippen molar-refractivity contribution in [3.05, 3.63) is 87.2 Å². The number of rotatable bonds is 1. The number of allylic oxidation sites excluding steroid dienone is 2. The molecule has 0 amide bonds. The Morgan fingerprint density at radius 2 is 1.74 bits per heavy atom. The number of hydrogen-bond donors (Lipinski definition) is 0. The summed E-state index contributed by atoms with van der Waals surface area (Å²) in [7, 11) is 0. The molecule has 5 heteroatoms. The Morgan fingerprint density at radius 1 is 0.963 bits per heavy atom. The van der Waals surface area contributed by atoms with Crippen molar-refractivity contribution in [1.82, 2.24) is 0 Å². The molecule has 134 valence electrons. The summed E-state index contributed by atoms with van der Waals surface area (Å²) in [6.07, 6.45) is 1.75. The summed E-state index contributed by atoms with van der Waals surface area (Å²) in [6.45, 7) is 0. The van der Waals surface area contributed by atoms with Gasteiger partial charge in [0, 0.05) is 18.4 Å². The van der Waals surface area contributed by atoms with Gasteiger partial charge in [0.05, 0.1) is 16.9 Å². The van der Waals surface area contributed by atoms with E-state index in [4.69, 9.17) is 9.15 Å². The van der Waals surface area contributed by atoms with Gasteiger partial charge in [-0.2, -0.15) is 0 Å². The molecule has 0 N–H and O–H groups in total. The van der Waals surface area contributed by atoms with Crippen molar-refractivity contribution in [2.45, 2.75) is 25.2 Å². The lowest BCUT2D eigenvalue weighted by Crippen LogP contribution is -2.29. The van der Waals surface area contributed by atoms with Crippen molar-refractivity contribution in [2.24, 2.45) is 0 Å². The molecule has 0 bridgehead atoms. The van der Waals surface area contributed by atoms with Gasteiger partial charge in [0.1, 0.15) is 22.9 Å². The fourth-order valence-corrected chi connectivity index (χ4v) is 4.01. The summed E-state index contributed by atoms with van der Waals surface area (Å²) < 4.78 is 25.1. The lowest BCUT2D eigenvalue weighted by Gasteiger charge is -2.32.